The summed E-state index contributed by atoms with van der Waals surface area (Å²) in [5, 5.41) is 7.65. The van der Waals surface area contributed by atoms with Crippen molar-refractivity contribution in [1.82, 2.24) is 15.5 Å². The lowest BCUT2D eigenvalue weighted by Gasteiger charge is -2.14. The molecule has 1 unspecified atom stereocenters. The van der Waals surface area contributed by atoms with Gasteiger partial charge in [-0.15, -0.1) is 24.0 Å². The van der Waals surface area contributed by atoms with E-state index >= 15 is 0 Å². The summed E-state index contributed by atoms with van der Waals surface area (Å²) in [6, 6.07) is 0. The minimum absolute atomic E-state index is 0. The summed E-state index contributed by atoms with van der Waals surface area (Å²) in [6.45, 7) is 3.30. The van der Waals surface area contributed by atoms with Crippen LogP contribution in [0.4, 0.5) is 0 Å². The Morgan fingerprint density at radius 2 is 1.86 bits per heavy atom. The summed E-state index contributed by atoms with van der Waals surface area (Å²) in [6.07, 6.45) is 9.29. The van der Waals surface area contributed by atoms with E-state index in [9.17, 15) is 0 Å². The molecule has 1 rings (SSSR count). The SMILES string of the molecule is CN=C(NCCCCCCCN(C)C)NCC1CCCS1.I. The molecule has 22 heavy (non-hydrogen) atoms. The van der Waals surface area contributed by atoms with Gasteiger partial charge in [0.05, 0.1) is 0 Å². The van der Waals surface area contributed by atoms with Crippen molar-refractivity contribution in [3.05, 3.63) is 0 Å². The predicted octanol–water partition coefficient (Wildman–Crippen LogP) is 3.18. The highest BCUT2D eigenvalue weighted by molar-refractivity contribution is 14.0. The number of guanidine groups is 1. The van der Waals surface area contributed by atoms with Crippen molar-refractivity contribution in [2.75, 3.05) is 46.5 Å². The molecule has 0 radical (unpaired) electrons. The van der Waals surface area contributed by atoms with Crippen molar-refractivity contribution in [1.29, 1.82) is 0 Å². The van der Waals surface area contributed by atoms with Gasteiger partial charge in [-0.3, -0.25) is 4.99 Å². The van der Waals surface area contributed by atoms with Gasteiger partial charge in [-0.25, -0.2) is 0 Å². The first-order chi connectivity index (χ1) is 10.2. The molecule has 0 aromatic carbocycles. The Morgan fingerprint density at radius 3 is 2.50 bits per heavy atom. The maximum Gasteiger partial charge on any atom is 0.191 e. The Morgan fingerprint density at radius 1 is 1.14 bits per heavy atom. The summed E-state index contributed by atoms with van der Waals surface area (Å²) < 4.78 is 0. The molecule has 1 fully saturated rings. The van der Waals surface area contributed by atoms with Crippen LogP contribution in [0, 0.1) is 0 Å². The van der Waals surface area contributed by atoms with E-state index in [4.69, 9.17) is 0 Å². The molecule has 1 saturated heterocycles. The van der Waals surface area contributed by atoms with Gasteiger partial charge in [-0.05, 0) is 52.1 Å². The maximum absolute atomic E-state index is 4.30. The third kappa shape index (κ3) is 11.8. The van der Waals surface area contributed by atoms with Gasteiger partial charge in [0, 0.05) is 25.4 Å². The van der Waals surface area contributed by atoms with Crippen molar-refractivity contribution in [2.45, 2.75) is 50.2 Å². The zero-order valence-corrected chi connectivity index (χ0v) is 17.7. The Hall–Kier alpha value is 0.310. The molecule has 0 aromatic heterocycles. The van der Waals surface area contributed by atoms with Crippen LogP contribution >= 0.6 is 35.7 Å². The maximum atomic E-state index is 4.30. The summed E-state index contributed by atoms with van der Waals surface area (Å²) in [5.41, 5.74) is 0. The van der Waals surface area contributed by atoms with Crippen molar-refractivity contribution < 1.29 is 0 Å². The molecule has 1 aliphatic rings. The number of nitrogens with zero attached hydrogens (tertiary/aromatic N) is 2. The Balaban J connectivity index is 0.00000441. The van der Waals surface area contributed by atoms with Gasteiger partial charge in [0.25, 0.3) is 0 Å². The first kappa shape index (κ1) is 22.3. The fraction of sp³-hybridized carbons (Fsp3) is 0.938. The third-order valence-electron chi connectivity index (χ3n) is 3.82. The molecule has 2 N–H and O–H groups in total. The Kier molecular flexibility index (Phi) is 15.1. The first-order valence-electron chi connectivity index (χ1n) is 8.43. The average molecular weight is 442 g/mol. The van der Waals surface area contributed by atoms with Crippen molar-refractivity contribution >= 4 is 41.7 Å². The largest absolute Gasteiger partial charge is 0.356 e. The van der Waals surface area contributed by atoms with E-state index in [0.29, 0.717) is 0 Å². The third-order valence-corrected chi connectivity index (χ3v) is 5.22. The predicted molar refractivity (Wildman–Crippen MR) is 112 cm³/mol. The van der Waals surface area contributed by atoms with Crippen LogP contribution < -0.4 is 10.6 Å². The van der Waals surface area contributed by atoms with Crippen LogP contribution in [0.2, 0.25) is 0 Å². The van der Waals surface area contributed by atoms with Gasteiger partial charge in [-0.1, -0.05) is 19.3 Å². The van der Waals surface area contributed by atoms with Gasteiger partial charge >= 0.3 is 0 Å². The van der Waals surface area contributed by atoms with Crippen LogP contribution in [0.1, 0.15) is 44.9 Å². The number of unbranched alkanes of at least 4 members (excludes halogenated alkanes) is 4. The lowest BCUT2D eigenvalue weighted by Crippen LogP contribution is -2.40. The zero-order valence-electron chi connectivity index (χ0n) is 14.6. The second kappa shape index (κ2) is 14.9. The fourth-order valence-corrected chi connectivity index (χ4v) is 3.73. The molecular weight excluding hydrogens is 407 g/mol. The number of halogens is 1. The monoisotopic (exact) mass is 442 g/mol. The molecule has 0 bridgehead atoms. The number of aliphatic imine (C=N–C) groups is 1. The molecule has 1 aliphatic heterocycles. The van der Waals surface area contributed by atoms with Crippen molar-refractivity contribution in [3.8, 4) is 0 Å². The van der Waals surface area contributed by atoms with E-state index in [0.717, 1.165) is 24.3 Å². The summed E-state index contributed by atoms with van der Waals surface area (Å²) in [5.74, 6) is 2.29. The van der Waals surface area contributed by atoms with Crippen molar-refractivity contribution in [2.24, 2.45) is 4.99 Å². The van der Waals surface area contributed by atoms with E-state index < -0.39 is 0 Å². The van der Waals surface area contributed by atoms with Crippen molar-refractivity contribution in [3.63, 3.8) is 0 Å². The molecule has 0 aromatic rings. The van der Waals surface area contributed by atoms with E-state index in [1.807, 2.05) is 7.05 Å². The van der Waals surface area contributed by atoms with Crippen LogP contribution in [0.25, 0.3) is 0 Å². The molecule has 0 aliphatic carbocycles. The number of hydrogen-bond donors (Lipinski definition) is 2. The number of rotatable bonds is 10. The second-order valence-electron chi connectivity index (χ2n) is 6.09. The highest BCUT2D eigenvalue weighted by atomic mass is 127. The molecule has 1 heterocycles. The number of hydrogen-bond acceptors (Lipinski definition) is 3. The molecular formula is C16H35IN4S. The second-order valence-corrected chi connectivity index (χ2v) is 7.49. The van der Waals surface area contributed by atoms with E-state index in [2.05, 4.69) is 46.4 Å². The number of thioether (sulfide) groups is 1. The normalized spacial score (nSPS) is 18.4. The Labute approximate surface area is 158 Å². The molecule has 0 saturated carbocycles. The van der Waals surface area contributed by atoms with Gasteiger partial charge in [-0.2, -0.15) is 11.8 Å². The van der Waals surface area contributed by atoms with Crippen LogP contribution in [0.3, 0.4) is 0 Å². The zero-order chi connectivity index (χ0) is 15.3. The van der Waals surface area contributed by atoms with Crippen LogP contribution in [-0.2, 0) is 0 Å². The lowest BCUT2D eigenvalue weighted by atomic mass is 10.1. The summed E-state index contributed by atoms with van der Waals surface area (Å²) in [7, 11) is 6.15. The van der Waals surface area contributed by atoms with Gasteiger partial charge in [0.2, 0.25) is 0 Å². The molecule has 0 amide bonds. The minimum Gasteiger partial charge on any atom is -0.356 e. The standard InChI is InChI=1S/C16H34N4S.HI/c1-17-16(19-14-15-10-9-13-21-15)18-11-7-5-4-6-8-12-20(2)3;/h15H,4-14H2,1-3H3,(H2,17,18,19);1H. The van der Waals surface area contributed by atoms with Crippen LogP contribution in [0.5, 0.6) is 0 Å². The fourth-order valence-electron chi connectivity index (χ4n) is 2.53. The quantitative estimate of drug-likeness (QED) is 0.236. The Bertz CT molecular complexity index is 281. The molecule has 6 heteroatoms. The van der Waals surface area contributed by atoms with Crippen LogP contribution in [-0.4, -0.2) is 62.6 Å². The van der Waals surface area contributed by atoms with Crippen LogP contribution in [0.15, 0.2) is 4.99 Å². The van der Waals surface area contributed by atoms with Gasteiger partial charge in [0.1, 0.15) is 0 Å². The summed E-state index contributed by atoms with van der Waals surface area (Å²) in [4.78, 5) is 6.56. The number of nitrogens with one attached hydrogen (secondary N) is 2. The minimum atomic E-state index is 0. The highest BCUT2D eigenvalue weighted by Gasteiger charge is 2.15. The smallest absolute Gasteiger partial charge is 0.191 e. The van der Waals surface area contributed by atoms with E-state index in [1.165, 1.54) is 57.2 Å². The highest BCUT2D eigenvalue weighted by Crippen LogP contribution is 2.25. The van der Waals surface area contributed by atoms with Gasteiger partial charge < -0.3 is 15.5 Å². The van der Waals surface area contributed by atoms with E-state index in [1.54, 1.807) is 0 Å². The topological polar surface area (TPSA) is 39.7 Å². The average Bonchev–Trinajstić information content (AvgIpc) is 2.98. The lowest BCUT2D eigenvalue weighted by molar-refractivity contribution is 0.389. The first-order valence-corrected chi connectivity index (χ1v) is 9.48. The van der Waals surface area contributed by atoms with Gasteiger partial charge in [0.15, 0.2) is 5.96 Å². The summed E-state index contributed by atoms with van der Waals surface area (Å²) >= 11 is 2.09. The molecule has 1 atom stereocenters. The van der Waals surface area contributed by atoms with E-state index in [-0.39, 0.29) is 24.0 Å². The molecule has 0 spiro atoms. The molecule has 4 nitrogen and oxygen atoms in total. The molecule has 132 valence electrons.